The minimum absolute atomic E-state index is 0.619. The van der Waals surface area contributed by atoms with Crippen LogP contribution < -0.4 is 8.79 Å². The molecule has 0 fully saturated rings. The van der Waals surface area contributed by atoms with Crippen LogP contribution in [0.3, 0.4) is 0 Å². The van der Waals surface area contributed by atoms with Gasteiger partial charge in [-0.1, -0.05) is 0 Å². The van der Waals surface area contributed by atoms with E-state index in [0.29, 0.717) is 23.7 Å². The van der Waals surface area contributed by atoms with Crippen molar-refractivity contribution in [3.63, 3.8) is 0 Å². The average Bonchev–Trinajstić information content (AvgIpc) is 2.70. The predicted molar refractivity (Wildman–Crippen MR) is 141 cm³/mol. The van der Waals surface area contributed by atoms with Crippen LogP contribution in [0.5, 0.6) is 0 Å². The molecule has 2 aromatic carbocycles. The summed E-state index contributed by atoms with van der Waals surface area (Å²) in [4.78, 5) is 0. The van der Waals surface area contributed by atoms with Gasteiger partial charge in [-0.2, -0.15) is 0 Å². The number of benzene rings is 2. The molecule has 2 aromatic rings. The maximum absolute atomic E-state index is 2.52. The van der Waals surface area contributed by atoms with Gasteiger partial charge < -0.3 is 0 Å². The fourth-order valence-corrected chi connectivity index (χ4v) is 37.6. The molecule has 0 nitrogen and oxygen atoms in total. The number of rotatable bonds is 8. The van der Waals surface area contributed by atoms with Gasteiger partial charge in [0.15, 0.2) is 0 Å². The Hall–Kier alpha value is -0.474. The second kappa shape index (κ2) is 11.4. The van der Waals surface area contributed by atoms with Crippen molar-refractivity contribution < 1.29 is 0 Å². The van der Waals surface area contributed by atoms with E-state index in [1.807, 2.05) is 8.79 Å². The van der Waals surface area contributed by atoms with Gasteiger partial charge in [0.25, 0.3) is 0 Å². The molecule has 0 bridgehead atoms. The molecule has 2 heteroatoms. The van der Waals surface area contributed by atoms with Crippen LogP contribution in [0, 0.1) is 0 Å². The topological polar surface area (TPSA) is 0 Å². The van der Waals surface area contributed by atoms with Crippen LogP contribution in [0.1, 0.15) is 115 Å². The van der Waals surface area contributed by atoms with E-state index < -0.39 is 23.7 Å². The first kappa shape index (κ1) is 25.8. The van der Waals surface area contributed by atoms with Crippen LogP contribution in [0.25, 0.3) is 0 Å². The summed E-state index contributed by atoms with van der Waals surface area (Å²) in [6, 6.07) is 14.5. The molecule has 0 atom stereocenters. The Morgan fingerprint density at radius 3 is 0.900 bits per heavy atom. The summed E-state index contributed by atoms with van der Waals surface area (Å²) in [5, 5.41) is 2.85. The third-order valence-electron chi connectivity index (χ3n) is 6.42. The van der Waals surface area contributed by atoms with Gasteiger partial charge in [0.1, 0.15) is 0 Å². The van der Waals surface area contributed by atoms with Gasteiger partial charge in [-0.3, -0.25) is 0 Å². The van der Waals surface area contributed by atoms with Gasteiger partial charge in [0, 0.05) is 0 Å². The van der Waals surface area contributed by atoms with Crippen molar-refractivity contribution in [3.8, 4) is 0 Å². The first-order valence-electron chi connectivity index (χ1n) is 12.1. The van der Waals surface area contributed by atoms with E-state index in [1.54, 1.807) is 22.3 Å². The van der Waals surface area contributed by atoms with Gasteiger partial charge in [0.2, 0.25) is 0 Å². The van der Waals surface area contributed by atoms with Crippen molar-refractivity contribution in [2.75, 3.05) is 0 Å². The Morgan fingerprint density at radius 1 is 0.500 bits per heavy atom. The molecule has 0 aliphatic carbocycles. The first-order valence-corrected chi connectivity index (χ1v) is 23.7. The number of hydrogen-bond donors (Lipinski definition) is 0. The normalized spacial score (nSPS) is 13.0. The van der Waals surface area contributed by atoms with Crippen LogP contribution in [-0.2, 0) is 0 Å². The standard InChI is InChI=1S/C28H44Ge2/c1-11-29(27-23(19(3)4)15-13-16-24(27)20(5)6)30(12-2)28-25(21(7)8)17-14-18-26(28)22(9)10/h13-22H,11-12H2,1-10H3/b30-29+. The van der Waals surface area contributed by atoms with Crippen LogP contribution in [0.4, 0.5) is 0 Å². The summed E-state index contributed by atoms with van der Waals surface area (Å²) in [6.07, 6.45) is 0. The SMILES string of the molecule is C[CH2]/[Ge]([c]1c(C(C)C)cccc1C(C)C)=[Ge](/[CH2]C)[c]1c(C(C)C)cccc1C(C)C. The second-order valence-corrected chi connectivity index (χ2v) is 32.1. The molecule has 30 heavy (non-hydrogen) atoms. The van der Waals surface area contributed by atoms with Crippen LogP contribution in [0.2, 0.25) is 10.5 Å². The Labute approximate surface area is 193 Å². The summed E-state index contributed by atoms with van der Waals surface area (Å²) in [5.74, 6) is 2.48. The van der Waals surface area contributed by atoms with Crippen molar-refractivity contribution in [1.29, 1.82) is 0 Å². The maximum atomic E-state index is 2.52. The zero-order chi connectivity index (χ0) is 22.6. The molecule has 0 aliphatic rings. The molecular formula is C28H44Ge2. The molecule has 0 spiro atoms. The fourth-order valence-electron chi connectivity index (χ4n) is 4.88. The molecule has 0 amide bonds. The first-order chi connectivity index (χ1) is 14.1. The van der Waals surface area contributed by atoms with E-state index >= 15 is 0 Å². The Bertz CT molecular complexity index is 760. The van der Waals surface area contributed by atoms with E-state index in [4.69, 9.17) is 0 Å². The molecule has 0 unspecified atom stereocenters. The summed E-state index contributed by atoms with van der Waals surface area (Å²) in [5.41, 5.74) is 6.68. The molecule has 0 saturated heterocycles. The van der Waals surface area contributed by atoms with E-state index in [0.717, 1.165) is 0 Å². The Kier molecular flexibility index (Phi) is 9.80. The average molecular weight is 526 g/mol. The molecule has 0 aliphatic heterocycles. The third kappa shape index (κ3) is 5.47. The van der Waals surface area contributed by atoms with Crippen molar-refractivity contribution in [3.05, 3.63) is 58.7 Å². The van der Waals surface area contributed by atoms with E-state index in [2.05, 4.69) is 106 Å². The van der Waals surface area contributed by atoms with Crippen molar-refractivity contribution in [2.45, 2.75) is 103 Å². The minimum atomic E-state index is -1.44. The predicted octanol–water partition coefficient (Wildman–Crippen LogP) is 7.40. The molecule has 0 saturated carbocycles. The van der Waals surface area contributed by atoms with Crippen LogP contribution in [0.15, 0.2) is 36.4 Å². The van der Waals surface area contributed by atoms with Crippen molar-refractivity contribution in [2.24, 2.45) is 0 Å². The molecule has 2 rings (SSSR count). The second-order valence-electron chi connectivity index (χ2n) is 9.91. The molecule has 0 heterocycles. The molecule has 0 N–H and O–H groups in total. The zero-order valence-corrected chi connectivity index (χ0v) is 25.4. The molecule has 0 radical (unpaired) electrons. The van der Waals surface area contributed by atoms with E-state index in [-0.39, 0.29) is 0 Å². The van der Waals surface area contributed by atoms with Crippen molar-refractivity contribution >= 4 is 32.5 Å². The molecular weight excluding hydrogens is 482 g/mol. The Balaban J connectivity index is 3.02. The van der Waals surface area contributed by atoms with Crippen LogP contribution >= 0.6 is 0 Å². The Morgan fingerprint density at radius 2 is 0.733 bits per heavy atom. The summed E-state index contributed by atoms with van der Waals surface area (Å²) in [7, 11) is 0. The quantitative estimate of drug-likeness (QED) is 0.315. The fraction of sp³-hybridized carbons (Fsp3) is 0.571. The van der Waals surface area contributed by atoms with Gasteiger partial charge in [-0.15, -0.1) is 0 Å². The van der Waals surface area contributed by atoms with Gasteiger partial charge in [0.05, 0.1) is 0 Å². The summed E-state index contributed by atoms with van der Waals surface area (Å²) < 4.78 is 3.77. The zero-order valence-electron chi connectivity index (χ0n) is 21.2. The molecule has 164 valence electrons. The third-order valence-corrected chi connectivity index (χ3v) is 37.0. The monoisotopic (exact) mass is 528 g/mol. The van der Waals surface area contributed by atoms with Gasteiger partial charge >= 0.3 is 195 Å². The van der Waals surface area contributed by atoms with Crippen molar-refractivity contribution in [1.82, 2.24) is 0 Å². The van der Waals surface area contributed by atoms with E-state index in [9.17, 15) is 0 Å². The molecule has 0 aromatic heterocycles. The van der Waals surface area contributed by atoms with E-state index in [1.165, 1.54) is 10.5 Å². The number of hydrogen-bond acceptors (Lipinski definition) is 0. The van der Waals surface area contributed by atoms with Gasteiger partial charge in [-0.05, 0) is 0 Å². The summed E-state index contributed by atoms with van der Waals surface area (Å²) >= 11 is -2.87. The van der Waals surface area contributed by atoms with Gasteiger partial charge in [-0.25, -0.2) is 0 Å². The van der Waals surface area contributed by atoms with Crippen LogP contribution in [-0.4, -0.2) is 23.7 Å². The summed E-state index contributed by atoms with van der Waals surface area (Å²) in [6.45, 7) is 24.3.